The van der Waals surface area contributed by atoms with Crippen LogP contribution in [-0.4, -0.2) is 64.9 Å². The van der Waals surface area contributed by atoms with Gasteiger partial charge in [-0.25, -0.2) is 0 Å². The molecule has 122 valence electrons. The number of methoxy groups -OCH3 is 3. The summed E-state index contributed by atoms with van der Waals surface area (Å²) in [6.45, 7) is 3.89. The van der Waals surface area contributed by atoms with Crippen molar-refractivity contribution in [3.8, 4) is 17.2 Å². The molecule has 1 heterocycles. The minimum absolute atomic E-state index is 0.00263. The van der Waals surface area contributed by atoms with Gasteiger partial charge in [-0.05, 0) is 0 Å². The van der Waals surface area contributed by atoms with E-state index in [4.69, 9.17) is 18.9 Å². The topological polar surface area (TPSA) is 57.2 Å². The van der Waals surface area contributed by atoms with Crippen LogP contribution in [0.25, 0.3) is 0 Å². The number of Topliss-reactive ketones (excluding diaryl/α,β-unsaturated/α-hetero) is 1. The molecule has 1 saturated heterocycles. The minimum Gasteiger partial charge on any atom is -0.496 e. The van der Waals surface area contributed by atoms with Crippen LogP contribution >= 0.6 is 0 Å². The van der Waals surface area contributed by atoms with Gasteiger partial charge in [0.2, 0.25) is 0 Å². The van der Waals surface area contributed by atoms with Gasteiger partial charge in [0.05, 0.1) is 34.5 Å². The summed E-state index contributed by atoms with van der Waals surface area (Å²) in [5, 5.41) is 0. The Morgan fingerprint density at radius 1 is 1.09 bits per heavy atom. The van der Waals surface area contributed by atoms with E-state index in [1.807, 2.05) is 0 Å². The molecule has 0 saturated carbocycles. The maximum absolute atomic E-state index is 12.6. The third-order valence-corrected chi connectivity index (χ3v) is 3.75. The first-order valence-electron chi connectivity index (χ1n) is 7.33. The van der Waals surface area contributed by atoms with E-state index in [-0.39, 0.29) is 5.78 Å². The van der Waals surface area contributed by atoms with Gasteiger partial charge in [0.1, 0.15) is 22.8 Å². The number of carbonyl (C=O) groups excluding carboxylic acids is 1. The zero-order chi connectivity index (χ0) is 15.9. The Morgan fingerprint density at radius 3 is 2.18 bits per heavy atom. The van der Waals surface area contributed by atoms with Crippen LogP contribution in [-0.2, 0) is 4.74 Å². The molecule has 6 heteroatoms. The number of morpholine rings is 1. The summed E-state index contributed by atoms with van der Waals surface area (Å²) in [5.41, 5.74) is 0.471. The lowest BCUT2D eigenvalue weighted by Crippen LogP contribution is -2.37. The standard InChI is InChI=1S/C16H23NO5/c1-19-12-10-14(20-2)16(15(11-12)21-3)13(18)4-5-17-6-8-22-9-7-17/h10-11H,4-9H2,1-3H3. The molecule has 0 radical (unpaired) electrons. The number of hydrogen-bond acceptors (Lipinski definition) is 6. The van der Waals surface area contributed by atoms with Crippen molar-refractivity contribution < 1.29 is 23.7 Å². The number of ether oxygens (including phenoxy) is 4. The quantitative estimate of drug-likeness (QED) is 0.713. The average molecular weight is 309 g/mol. The Labute approximate surface area is 130 Å². The molecule has 0 bridgehead atoms. The highest BCUT2D eigenvalue weighted by Crippen LogP contribution is 2.34. The molecular formula is C16H23NO5. The van der Waals surface area contributed by atoms with Gasteiger partial charge in [-0.2, -0.15) is 0 Å². The van der Waals surface area contributed by atoms with Crippen LogP contribution in [0.1, 0.15) is 16.8 Å². The predicted molar refractivity (Wildman–Crippen MR) is 82.3 cm³/mol. The second-order valence-electron chi connectivity index (χ2n) is 5.03. The molecule has 0 N–H and O–H groups in total. The van der Waals surface area contributed by atoms with Crippen molar-refractivity contribution in [1.29, 1.82) is 0 Å². The lowest BCUT2D eigenvalue weighted by atomic mass is 10.0. The first-order chi connectivity index (χ1) is 10.7. The van der Waals surface area contributed by atoms with Crippen LogP contribution in [0.5, 0.6) is 17.2 Å². The lowest BCUT2D eigenvalue weighted by molar-refractivity contribution is 0.0369. The molecule has 1 aromatic carbocycles. The van der Waals surface area contributed by atoms with Crippen molar-refractivity contribution in [2.45, 2.75) is 6.42 Å². The number of nitrogens with zero attached hydrogens (tertiary/aromatic N) is 1. The highest BCUT2D eigenvalue weighted by atomic mass is 16.5. The van der Waals surface area contributed by atoms with Gasteiger partial charge in [-0.3, -0.25) is 9.69 Å². The molecule has 0 atom stereocenters. The molecule has 0 amide bonds. The number of ketones is 1. The van der Waals surface area contributed by atoms with Crippen LogP contribution in [0, 0.1) is 0 Å². The third kappa shape index (κ3) is 3.90. The van der Waals surface area contributed by atoms with Crippen molar-refractivity contribution in [3.63, 3.8) is 0 Å². The normalized spacial score (nSPS) is 15.4. The molecule has 2 rings (SSSR count). The summed E-state index contributed by atoms with van der Waals surface area (Å²) >= 11 is 0. The Hall–Kier alpha value is -1.79. The Morgan fingerprint density at radius 2 is 1.68 bits per heavy atom. The highest BCUT2D eigenvalue weighted by Gasteiger charge is 2.21. The fourth-order valence-electron chi connectivity index (χ4n) is 2.49. The summed E-state index contributed by atoms with van der Waals surface area (Å²) < 4.78 is 21.2. The van der Waals surface area contributed by atoms with E-state index < -0.39 is 0 Å². The van der Waals surface area contributed by atoms with Crippen LogP contribution in [0.2, 0.25) is 0 Å². The lowest BCUT2D eigenvalue weighted by Gasteiger charge is -2.26. The molecule has 0 aromatic heterocycles. The summed E-state index contributed by atoms with van der Waals surface area (Å²) in [7, 11) is 4.63. The van der Waals surface area contributed by atoms with Crippen LogP contribution in [0.3, 0.4) is 0 Å². The fraction of sp³-hybridized carbons (Fsp3) is 0.562. The summed E-state index contributed by atoms with van der Waals surface area (Å²) in [6.07, 6.45) is 0.416. The van der Waals surface area contributed by atoms with Gasteiger partial charge in [0.25, 0.3) is 0 Å². The molecule has 0 spiro atoms. The van der Waals surface area contributed by atoms with Gasteiger partial charge in [0.15, 0.2) is 5.78 Å². The molecule has 1 aliphatic heterocycles. The van der Waals surface area contributed by atoms with E-state index in [1.54, 1.807) is 19.2 Å². The van der Waals surface area contributed by atoms with Crippen molar-refractivity contribution in [3.05, 3.63) is 17.7 Å². The molecule has 6 nitrogen and oxygen atoms in total. The van der Waals surface area contributed by atoms with Gasteiger partial charge in [0, 0.05) is 38.2 Å². The summed E-state index contributed by atoms with van der Waals surface area (Å²) in [4.78, 5) is 14.8. The maximum Gasteiger partial charge on any atom is 0.171 e. The zero-order valence-corrected chi connectivity index (χ0v) is 13.4. The van der Waals surface area contributed by atoms with E-state index >= 15 is 0 Å². The molecular weight excluding hydrogens is 286 g/mol. The Balaban J connectivity index is 2.13. The van der Waals surface area contributed by atoms with Crippen LogP contribution in [0.15, 0.2) is 12.1 Å². The van der Waals surface area contributed by atoms with E-state index in [9.17, 15) is 4.79 Å². The van der Waals surface area contributed by atoms with E-state index in [0.29, 0.717) is 35.8 Å². The number of carbonyl (C=O) groups is 1. The van der Waals surface area contributed by atoms with Gasteiger partial charge < -0.3 is 18.9 Å². The monoisotopic (exact) mass is 309 g/mol. The zero-order valence-electron chi connectivity index (χ0n) is 13.4. The molecule has 1 aliphatic rings. The van der Waals surface area contributed by atoms with Crippen LogP contribution < -0.4 is 14.2 Å². The molecule has 22 heavy (non-hydrogen) atoms. The number of benzene rings is 1. The third-order valence-electron chi connectivity index (χ3n) is 3.75. The fourth-order valence-corrected chi connectivity index (χ4v) is 2.49. The molecule has 0 aliphatic carbocycles. The Bertz CT molecular complexity index is 486. The van der Waals surface area contributed by atoms with Crippen molar-refractivity contribution >= 4 is 5.78 Å². The second-order valence-corrected chi connectivity index (χ2v) is 5.03. The van der Waals surface area contributed by atoms with E-state index in [1.165, 1.54) is 14.2 Å². The highest BCUT2D eigenvalue weighted by molar-refractivity contribution is 6.01. The smallest absolute Gasteiger partial charge is 0.171 e. The van der Waals surface area contributed by atoms with Crippen molar-refractivity contribution in [2.24, 2.45) is 0 Å². The Kier molecular flexibility index (Phi) is 6.03. The first kappa shape index (κ1) is 16.6. The second kappa shape index (κ2) is 8.00. The maximum atomic E-state index is 12.6. The van der Waals surface area contributed by atoms with Crippen molar-refractivity contribution in [2.75, 3.05) is 54.2 Å². The predicted octanol–water partition coefficient (Wildman–Crippen LogP) is 1.62. The van der Waals surface area contributed by atoms with Gasteiger partial charge in [-0.1, -0.05) is 0 Å². The van der Waals surface area contributed by atoms with Gasteiger partial charge in [-0.15, -0.1) is 0 Å². The molecule has 1 aromatic rings. The van der Waals surface area contributed by atoms with Crippen molar-refractivity contribution in [1.82, 2.24) is 4.90 Å². The first-order valence-corrected chi connectivity index (χ1v) is 7.33. The summed E-state index contributed by atoms with van der Waals surface area (Å²) in [5.74, 6) is 1.55. The minimum atomic E-state index is 0.00263. The molecule has 0 unspecified atom stereocenters. The molecule has 1 fully saturated rings. The van der Waals surface area contributed by atoms with E-state index in [0.717, 1.165) is 26.3 Å². The van der Waals surface area contributed by atoms with E-state index in [2.05, 4.69) is 4.90 Å². The average Bonchev–Trinajstić information content (AvgIpc) is 2.59. The largest absolute Gasteiger partial charge is 0.496 e. The number of rotatable bonds is 7. The number of hydrogen-bond donors (Lipinski definition) is 0. The van der Waals surface area contributed by atoms with Gasteiger partial charge >= 0.3 is 0 Å². The summed E-state index contributed by atoms with van der Waals surface area (Å²) in [6, 6.07) is 3.40. The van der Waals surface area contributed by atoms with Crippen LogP contribution in [0.4, 0.5) is 0 Å². The SMILES string of the molecule is COc1cc(OC)c(C(=O)CCN2CCOCC2)c(OC)c1.